The molecule has 0 aliphatic carbocycles. The van der Waals surface area contributed by atoms with Crippen LogP contribution in [0.1, 0.15) is 10.4 Å². The Morgan fingerprint density at radius 2 is 2.32 bits per heavy atom. The number of hydrogen-bond donors (Lipinski definition) is 1. The van der Waals surface area contributed by atoms with E-state index >= 15 is 0 Å². The molecule has 2 N–H and O–H groups in total. The average Bonchev–Trinajstić information content (AvgIpc) is 2.38. The average molecular weight is 364 g/mol. The Kier molecular flexibility index (Phi) is 4.78. The normalized spacial score (nSPS) is 19.3. The number of hydrogen-bond acceptors (Lipinski definition) is 3. The van der Waals surface area contributed by atoms with Crippen molar-refractivity contribution in [1.29, 1.82) is 0 Å². The van der Waals surface area contributed by atoms with E-state index in [4.69, 9.17) is 34.3 Å². The number of amides is 1. The Morgan fingerprint density at radius 1 is 1.58 bits per heavy atom. The van der Waals surface area contributed by atoms with Crippen LogP contribution >= 0.6 is 39.7 Å². The monoisotopic (exact) mass is 362 g/mol. The first-order valence-corrected chi connectivity index (χ1v) is 7.22. The number of morpholine rings is 1. The van der Waals surface area contributed by atoms with Crippen LogP contribution in [0.5, 0.6) is 0 Å². The molecule has 1 aliphatic rings. The topological polar surface area (TPSA) is 55.6 Å². The van der Waals surface area contributed by atoms with Crippen molar-refractivity contribution in [2.24, 2.45) is 5.73 Å². The fourth-order valence-electron chi connectivity index (χ4n) is 1.84. The first kappa shape index (κ1) is 14.7. The highest BCUT2D eigenvalue weighted by Gasteiger charge is 2.27. The third kappa shape index (κ3) is 3.45. The molecule has 1 aromatic carbocycles. The Morgan fingerprint density at radius 3 is 2.95 bits per heavy atom. The molecule has 102 valence electrons. The molecule has 0 spiro atoms. The number of nitrogens with zero attached hydrogens (tertiary/aromatic N) is 1. The molecule has 1 aliphatic heterocycles. The van der Waals surface area contributed by atoms with Crippen LogP contribution < -0.4 is 5.73 Å². The Bertz CT molecular complexity index is 526. The van der Waals surface area contributed by atoms with E-state index in [-0.39, 0.29) is 17.0 Å². The first-order valence-electron chi connectivity index (χ1n) is 5.64. The van der Waals surface area contributed by atoms with Gasteiger partial charge in [-0.05, 0) is 18.2 Å². The lowest BCUT2D eigenvalue weighted by Crippen LogP contribution is -2.49. The number of benzene rings is 1. The third-order valence-corrected chi connectivity index (χ3v) is 3.90. The van der Waals surface area contributed by atoms with Gasteiger partial charge in [0.2, 0.25) is 0 Å². The van der Waals surface area contributed by atoms with Crippen molar-refractivity contribution in [1.82, 2.24) is 4.90 Å². The summed E-state index contributed by atoms with van der Waals surface area (Å²) in [6, 6.07) is 5.17. The minimum atomic E-state index is -0.387. The number of halogens is 2. The molecular formula is C12H12BrClN2O2S. The lowest BCUT2D eigenvalue weighted by atomic mass is 10.1. The summed E-state index contributed by atoms with van der Waals surface area (Å²) in [6.45, 7) is 1.28. The summed E-state index contributed by atoms with van der Waals surface area (Å²) in [5, 5.41) is 0.415. The summed E-state index contributed by atoms with van der Waals surface area (Å²) in [5.74, 6) is -0.137. The number of carbonyl (C=O) groups is 1. The first-order chi connectivity index (χ1) is 8.99. The summed E-state index contributed by atoms with van der Waals surface area (Å²) in [6.07, 6.45) is -0.387. The highest BCUT2D eigenvalue weighted by atomic mass is 79.9. The summed E-state index contributed by atoms with van der Waals surface area (Å²) < 4.78 is 6.24. The summed E-state index contributed by atoms with van der Waals surface area (Å²) in [4.78, 5) is 14.3. The number of ether oxygens (including phenoxy) is 1. The van der Waals surface area contributed by atoms with Crippen LogP contribution in [0.3, 0.4) is 0 Å². The molecular weight excluding hydrogens is 352 g/mol. The minimum Gasteiger partial charge on any atom is -0.391 e. The molecule has 1 heterocycles. The van der Waals surface area contributed by atoms with Crippen molar-refractivity contribution in [2.45, 2.75) is 6.10 Å². The largest absolute Gasteiger partial charge is 0.391 e. The predicted molar refractivity (Wildman–Crippen MR) is 81.6 cm³/mol. The molecule has 1 saturated heterocycles. The molecule has 0 radical (unpaired) electrons. The van der Waals surface area contributed by atoms with Crippen LogP contribution in [-0.4, -0.2) is 41.6 Å². The second kappa shape index (κ2) is 6.17. The van der Waals surface area contributed by atoms with E-state index in [1.165, 1.54) is 0 Å². The van der Waals surface area contributed by atoms with E-state index in [2.05, 4.69) is 15.9 Å². The standard InChI is InChI=1S/C12H12BrClN2O2S/c13-7-1-2-8(9(14)5-7)12(17)16-3-4-18-10(6-16)11(15)19/h1-2,5,10H,3-4,6H2,(H2,15,19). The summed E-state index contributed by atoms with van der Waals surface area (Å²) in [5.41, 5.74) is 6.02. The van der Waals surface area contributed by atoms with Crippen LogP contribution in [0.4, 0.5) is 0 Å². The number of thiocarbonyl (C=S) groups is 1. The van der Waals surface area contributed by atoms with Gasteiger partial charge in [-0.1, -0.05) is 39.7 Å². The van der Waals surface area contributed by atoms with E-state index in [1.54, 1.807) is 23.1 Å². The zero-order chi connectivity index (χ0) is 14.0. The molecule has 1 atom stereocenters. The number of nitrogens with two attached hydrogens (primary N) is 1. The summed E-state index contributed by atoms with van der Waals surface area (Å²) >= 11 is 14.3. The molecule has 1 unspecified atom stereocenters. The van der Waals surface area contributed by atoms with Gasteiger partial charge < -0.3 is 15.4 Å². The SMILES string of the molecule is NC(=S)C1CN(C(=O)c2ccc(Br)cc2Cl)CCO1. The number of rotatable bonds is 2. The zero-order valence-electron chi connectivity index (χ0n) is 9.94. The van der Waals surface area contributed by atoms with Gasteiger partial charge in [-0.15, -0.1) is 0 Å². The van der Waals surface area contributed by atoms with Gasteiger partial charge in [0.1, 0.15) is 11.1 Å². The fourth-order valence-corrected chi connectivity index (χ4v) is 2.74. The fraction of sp³-hybridized carbons (Fsp3) is 0.333. The van der Waals surface area contributed by atoms with Crippen LogP contribution in [-0.2, 0) is 4.74 Å². The van der Waals surface area contributed by atoms with Gasteiger partial charge in [-0.25, -0.2) is 0 Å². The zero-order valence-corrected chi connectivity index (χ0v) is 13.1. The maximum Gasteiger partial charge on any atom is 0.255 e. The smallest absolute Gasteiger partial charge is 0.255 e. The van der Waals surface area contributed by atoms with Crippen molar-refractivity contribution in [3.63, 3.8) is 0 Å². The molecule has 1 amide bonds. The second-order valence-electron chi connectivity index (χ2n) is 4.14. The number of carbonyl (C=O) groups excluding carboxylic acids is 1. The van der Waals surface area contributed by atoms with E-state index in [1.807, 2.05) is 0 Å². The van der Waals surface area contributed by atoms with Crippen LogP contribution in [0.25, 0.3) is 0 Å². The van der Waals surface area contributed by atoms with E-state index in [0.29, 0.717) is 30.3 Å². The quantitative estimate of drug-likeness (QED) is 0.819. The van der Waals surface area contributed by atoms with E-state index < -0.39 is 0 Å². The highest BCUT2D eigenvalue weighted by molar-refractivity contribution is 9.10. The molecule has 4 nitrogen and oxygen atoms in total. The lowest BCUT2D eigenvalue weighted by molar-refractivity contribution is 0.00879. The lowest BCUT2D eigenvalue weighted by Gasteiger charge is -2.32. The van der Waals surface area contributed by atoms with Gasteiger partial charge in [-0.3, -0.25) is 4.79 Å². The van der Waals surface area contributed by atoms with Crippen LogP contribution in [0.15, 0.2) is 22.7 Å². The molecule has 2 rings (SSSR count). The van der Waals surface area contributed by atoms with Gasteiger partial charge in [0.15, 0.2) is 0 Å². The molecule has 1 fully saturated rings. The molecule has 0 saturated carbocycles. The van der Waals surface area contributed by atoms with Crippen molar-refractivity contribution in [3.05, 3.63) is 33.3 Å². The molecule has 0 aromatic heterocycles. The van der Waals surface area contributed by atoms with E-state index in [9.17, 15) is 4.79 Å². The van der Waals surface area contributed by atoms with E-state index in [0.717, 1.165) is 4.47 Å². The van der Waals surface area contributed by atoms with Crippen molar-refractivity contribution >= 4 is 50.6 Å². The molecule has 19 heavy (non-hydrogen) atoms. The minimum absolute atomic E-state index is 0.137. The van der Waals surface area contributed by atoms with Crippen LogP contribution in [0.2, 0.25) is 5.02 Å². The van der Waals surface area contributed by atoms with Crippen molar-refractivity contribution < 1.29 is 9.53 Å². The Hall–Kier alpha value is -0.690. The van der Waals surface area contributed by atoms with Gasteiger partial charge in [0.25, 0.3) is 5.91 Å². The maximum atomic E-state index is 12.4. The molecule has 7 heteroatoms. The van der Waals surface area contributed by atoms with Crippen molar-refractivity contribution in [2.75, 3.05) is 19.7 Å². The maximum absolute atomic E-state index is 12.4. The molecule has 0 bridgehead atoms. The highest BCUT2D eigenvalue weighted by Crippen LogP contribution is 2.23. The van der Waals surface area contributed by atoms with Gasteiger partial charge in [0.05, 0.1) is 23.7 Å². The Balaban J connectivity index is 2.17. The van der Waals surface area contributed by atoms with Gasteiger partial charge in [0, 0.05) is 11.0 Å². The third-order valence-electron chi connectivity index (χ3n) is 2.83. The predicted octanol–water partition coefficient (Wildman–Crippen LogP) is 2.23. The summed E-state index contributed by atoms with van der Waals surface area (Å²) in [7, 11) is 0. The van der Waals surface area contributed by atoms with Gasteiger partial charge >= 0.3 is 0 Å². The Labute approximate surface area is 130 Å². The van der Waals surface area contributed by atoms with Crippen molar-refractivity contribution in [3.8, 4) is 0 Å². The van der Waals surface area contributed by atoms with Gasteiger partial charge in [-0.2, -0.15) is 0 Å². The second-order valence-corrected chi connectivity index (χ2v) is 5.93. The molecule has 1 aromatic rings. The van der Waals surface area contributed by atoms with Crippen LogP contribution in [0, 0.1) is 0 Å².